The third-order valence-corrected chi connectivity index (χ3v) is 2.42. The highest BCUT2D eigenvalue weighted by molar-refractivity contribution is 6.32. The van der Waals surface area contributed by atoms with E-state index >= 15 is 0 Å². The Morgan fingerprint density at radius 2 is 2.33 bits per heavy atom. The van der Waals surface area contributed by atoms with Crippen LogP contribution in [0.5, 0.6) is 0 Å². The van der Waals surface area contributed by atoms with Crippen LogP contribution in [0, 0.1) is 6.92 Å². The Morgan fingerprint density at radius 1 is 1.50 bits per heavy atom. The molecule has 0 fully saturated rings. The molecule has 0 atom stereocenters. The predicted octanol–water partition coefficient (Wildman–Crippen LogP) is 2.40. The second-order valence-electron chi connectivity index (χ2n) is 3.49. The van der Waals surface area contributed by atoms with Crippen LogP contribution in [0.3, 0.4) is 0 Å². The van der Waals surface area contributed by atoms with E-state index in [9.17, 15) is 4.79 Å². The van der Waals surface area contributed by atoms with Crippen molar-refractivity contribution in [2.75, 3.05) is 0 Å². The molecule has 2 rings (SSSR count). The van der Waals surface area contributed by atoms with Gasteiger partial charge in [0.15, 0.2) is 0 Å². The maximum atomic E-state index is 11.7. The molecule has 0 spiro atoms. The number of halogens is 1. The van der Waals surface area contributed by atoms with E-state index in [1.807, 2.05) is 6.92 Å². The lowest BCUT2D eigenvalue weighted by molar-refractivity contribution is 0.0955. The van der Waals surface area contributed by atoms with Gasteiger partial charge in [-0.05, 0) is 31.2 Å². The summed E-state index contributed by atoms with van der Waals surface area (Å²) in [6.45, 7) is 1.82. The van der Waals surface area contributed by atoms with E-state index in [4.69, 9.17) is 16.0 Å². The second kappa shape index (κ2) is 5.46. The van der Waals surface area contributed by atoms with Crippen molar-refractivity contribution in [2.45, 2.75) is 6.92 Å². The third-order valence-electron chi connectivity index (χ3n) is 2.12. The Morgan fingerprint density at radius 3 is 3.00 bits per heavy atom. The van der Waals surface area contributed by atoms with Crippen molar-refractivity contribution in [1.29, 1.82) is 0 Å². The molecule has 92 valence electrons. The highest BCUT2D eigenvalue weighted by Gasteiger charge is 2.09. The van der Waals surface area contributed by atoms with Crippen molar-refractivity contribution < 1.29 is 9.21 Å². The van der Waals surface area contributed by atoms with Crippen LogP contribution in [-0.4, -0.2) is 17.1 Å². The number of nitrogens with zero attached hydrogens (tertiary/aromatic N) is 2. The molecule has 0 bridgehead atoms. The number of nitrogens with one attached hydrogen (secondary N) is 1. The summed E-state index contributed by atoms with van der Waals surface area (Å²) in [7, 11) is 0. The first-order chi connectivity index (χ1) is 8.66. The Balaban J connectivity index is 2.01. The molecule has 0 aromatic carbocycles. The lowest BCUT2D eigenvalue weighted by atomic mass is 10.3. The van der Waals surface area contributed by atoms with E-state index < -0.39 is 5.91 Å². The molecule has 0 saturated heterocycles. The highest BCUT2D eigenvalue weighted by Crippen LogP contribution is 2.10. The van der Waals surface area contributed by atoms with Crippen LogP contribution in [-0.2, 0) is 0 Å². The summed E-state index contributed by atoms with van der Waals surface area (Å²) in [5.74, 6) is 0.913. The molecule has 5 nitrogen and oxygen atoms in total. The molecule has 2 heterocycles. The normalized spacial score (nSPS) is 10.8. The number of carbonyl (C=O) groups is 1. The van der Waals surface area contributed by atoms with Crippen LogP contribution in [0.1, 0.15) is 21.9 Å². The fourth-order valence-corrected chi connectivity index (χ4v) is 1.50. The molecule has 0 radical (unpaired) electrons. The molecule has 1 amide bonds. The van der Waals surface area contributed by atoms with E-state index in [0.717, 1.165) is 5.76 Å². The molecule has 1 N–H and O–H groups in total. The molecule has 2 aromatic rings. The number of hydrazone groups is 1. The Bertz CT molecular complexity index is 593. The summed E-state index contributed by atoms with van der Waals surface area (Å²) < 4.78 is 5.26. The number of rotatable bonds is 3. The first-order valence-electron chi connectivity index (χ1n) is 5.17. The number of carbonyl (C=O) groups excluding carboxylic acids is 1. The van der Waals surface area contributed by atoms with Gasteiger partial charge in [-0.3, -0.25) is 4.79 Å². The van der Waals surface area contributed by atoms with Gasteiger partial charge in [-0.15, -0.1) is 0 Å². The Hall–Kier alpha value is -2.14. The molecule has 6 heteroatoms. The SMILES string of the molecule is Cc1ccc(C=NNC(=O)c2cccnc2Cl)o1. The molecule has 0 aliphatic heterocycles. The predicted molar refractivity (Wildman–Crippen MR) is 67.8 cm³/mol. The van der Waals surface area contributed by atoms with Crippen LogP contribution >= 0.6 is 11.6 Å². The zero-order chi connectivity index (χ0) is 13.0. The zero-order valence-corrected chi connectivity index (χ0v) is 10.3. The summed E-state index contributed by atoms with van der Waals surface area (Å²) in [4.78, 5) is 15.5. The summed E-state index contributed by atoms with van der Waals surface area (Å²) >= 11 is 5.78. The van der Waals surface area contributed by atoms with Crippen molar-refractivity contribution in [2.24, 2.45) is 5.10 Å². The van der Waals surface area contributed by atoms with Crippen LogP contribution in [0.15, 0.2) is 40.0 Å². The first kappa shape index (κ1) is 12.3. The maximum absolute atomic E-state index is 11.7. The average Bonchev–Trinajstić information content (AvgIpc) is 2.75. The van der Waals surface area contributed by atoms with E-state index in [1.54, 1.807) is 24.3 Å². The summed E-state index contributed by atoms with van der Waals surface area (Å²) in [6, 6.07) is 6.75. The minimum absolute atomic E-state index is 0.138. The standard InChI is InChI=1S/C12H10ClN3O2/c1-8-4-5-9(18-8)7-15-16-12(17)10-3-2-6-14-11(10)13/h2-7H,1H3,(H,16,17). The van der Waals surface area contributed by atoms with E-state index in [-0.39, 0.29) is 10.7 Å². The van der Waals surface area contributed by atoms with Gasteiger partial charge in [0.1, 0.15) is 16.7 Å². The number of aryl methyl sites for hydroxylation is 1. The lowest BCUT2D eigenvalue weighted by Crippen LogP contribution is -2.18. The fraction of sp³-hybridized carbons (Fsp3) is 0.0833. The monoisotopic (exact) mass is 263 g/mol. The third kappa shape index (κ3) is 2.95. The summed E-state index contributed by atoms with van der Waals surface area (Å²) in [6.07, 6.45) is 2.92. The maximum Gasteiger partial charge on any atom is 0.274 e. The quantitative estimate of drug-likeness (QED) is 0.525. The van der Waals surface area contributed by atoms with Gasteiger partial charge in [0.05, 0.1) is 11.8 Å². The van der Waals surface area contributed by atoms with Gasteiger partial charge in [-0.25, -0.2) is 10.4 Å². The minimum atomic E-state index is -0.423. The molecule has 0 saturated carbocycles. The topological polar surface area (TPSA) is 67.5 Å². The van der Waals surface area contributed by atoms with Crippen molar-refractivity contribution >= 4 is 23.7 Å². The highest BCUT2D eigenvalue weighted by atomic mass is 35.5. The molecule has 0 aliphatic rings. The van der Waals surface area contributed by atoms with Gasteiger partial charge < -0.3 is 4.42 Å². The second-order valence-corrected chi connectivity index (χ2v) is 3.85. The van der Waals surface area contributed by atoms with Crippen molar-refractivity contribution in [3.8, 4) is 0 Å². The van der Waals surface area contributed by atoms with Gasteiger partial charge in [0, 0.05) is 6.20 Å². The Kier molecular flexibility index (Phi) is 3.74. The lowest BCUT2D eigenvalue weighted by Gasteiger charge is -2.00. The van der Waals surface area contributed by atoms with Crippen LogP contribution < -0.4 is 5.43 Å². The minimum Gasteiger partial charge on any atom is -0.460 e. The van der Waals surface area contributed by atoms with Crippen LogP contribution in [0.25, 0.3) is 0 Å². The van der Waals surface area contributed by atoms with Gasteiger partial charge in [0.25, 0.3) is 5.91 Å². The van der Waals surface area contributed by atoms with Crippen LogP contribution in [0.2, 0.25) is 5.15 Å². The van der Waals surface area contributed by atoms with Crippen molar-refractivity contribution in [3.63, 3.8) is 0 Å². The summed E-state index contributed by atoms with van der Waals surface area (Å²) in [5.41, 5.74) is 2.61. The fourth-order valence-electron chi connectivity index (χ4n) is 1.29. The smallest absolute Gasteiger partial charge is 0.274 e. The molecule has 0 unspecified atom stereocenters. The molecular formula is C12H10ClN3O2. The van der Waals surface area contributed by atoms with E-state index in [0.29, 0.717) is 5.76 Å². The van der Waals surface area contributed by atoms with E-state index in [2.05, 4.69) is 15.5 Å². The average molecular weight is 264 g/mol. The zero-order valence-electron chi connectivity index (χ0n) is 9.55. The van der Waals surface area contributed by atoms with Gasteiger partial charge in [0.2, 0.25) is 0 Å². The molecule has 0 aliphatic carbocycles. The Labute approximate surface area is 108 Å². The van der Waals surface area contributed by atoms with Gasteiger partial charge in [-0.2, -0.15) is 5.10 Å². The molecular weight excluding hydrogens is 254 g/mol. The van der Waals surface area contributed by atoms with Crippen LogP contribution in [0.4, 0.5) is 0 Å². The number of aromatic nitrogens is 1. The number of hydrogen-bond acceptors (Lipinski definition) is 4. The number of furan rings is 1. The number of hydrogen-bond donors (Lipinski definition) is 1. The van der Waals surface area contributed by atoms with Crippen molar-refractivity contribution in [1.82, 2.24) is 10.4 Å². The van der Waals surface area contributed by atoms with E-state index in [1.165, 1.54) is 12.4 Å². The summed E-state index contributed by atoms with van der Waals surface area (Å²) in [5, 5.41) is 3.91. The van der Waals surface area contributed by atoms with Crippen molar-refractivity contribution in [3.05, 3.63) is 52.7 Å². The van der Waals surface area contributed by atoms with Gasteiger partial charge in [-0.1, -0.05) is 11.6 Å². The first-order valence-corrected chi connectivity index (χ1v) is 5.55. The largest absolute Gasteiger partial charge is 0.460 e. The number of pyridine rings is 1. The van der Waals surface area contributed by atoms with Gasteiger partial charge >= 0.3 is 0 Å². The molecule has 18 heavy (non-hydrogen) atoms. The number of amides is 1. The molecule has 2 aromatic heterocycles.